The van der Waals surface area contributed by atoms with E-state index in [9.17, 15) is 18.0 Å². The van der Waals surface area contributed by atoms with Crippen molar-refractivity contribution < 1.29 is 32.5 Å². The molecule has 1 N–H and O–H groups in total. The number of halogens is 3. The first-order chi connectivity index (χ1) is 7.37. The van der Waals surface area contributed by atoms with E-state index in [-0.39, 0.29) is 17.7 Å². The van der Waals surface area contributed by atoms with E-state index < -0.39 is 18.0 Å². The fourth-order valence-electron chi connectivity index (χ4n) is 0.917. The highest BCUT2D eigenvalue weighted by atomic mass is 19.4. The average molecular weight is 237 g/mol. The van der Waals surface area contributed by atoms with Gasteiger partial charge in [0.2, 0.25) is 5.88 Å². The van der Waals surface area contributed by atoms with E-state index in [1.165, 1.54) is 0 Å². The molecule has 0 bridgehead atoms. The van der Waals surface area contributed by atoms with Gasteiger partial charge in [0, 0.05) is 6.07 Å². The Balaban J connectivity index is 3.16. The number of rotatable bonds is 3. The Morgan fingerprint density at radius 2 is 2.06 bits per heavy atom. The molecular formula is C8H6F3NO4. The van der Waals surface area contributed by atoms with Crippen LogP contribution in [0.15, 0.2) is 6.07 Å². The second-order valence-corrected chi connectivity index (χ2v) is 2.58. The molecule has 0 amide bonds. The van der Waals surface area contributed by atoms with Crippen LogP contribution >= 0.6 is 0 Å². The number of carbonyl (C=O) groups is 1. The van der Waals surface area contributed by atoms with Crippen molar-refractivity contribution in [2.45, 2.75) is 6.36 Å². The molecule has 8 heteroatoms. The van der Waals surface area contributed by atoms with Crippen LogP contribution < -0.4 is 9.47 Å². The van der Waals surface area contributed by atoms with E-state index >= 15 is 0 Å². The quantitative estimate of drug-likeness (QED) is 0.807. The second kappa shape index (κ2) is 4.25. The molecule has 16 heavy (non-hydrogen) atoms. The minimum atomic E-state index is -4.99. The van der Waals surface area contributed by atoms with Gasteiger partial charge in [-0.2, -0.15) is 4.98 Å². The molecule has 5 nitrogen and oxygen atoms in total. The van der Waals surface area contributed by atoms with Crippen LogP contribution in [0.3, 0.4) is 0 Å². The van der Waals surface area contributed by atoms with Crippen molar-refractivity contribution in [3.63, 3.8) is 0 Å². The summed E-state index contributed by atoms with van der Waals surface area (Å²) in [6.07, 6.45) is -4.71. The second-order valence-electron chi connectivity index (χ2n) is 2.58. The maximum absolute atomic E-state index is 11.9. The molecule has 0 aliphatic rings. The van der Waals surface area contributed by atoms with Crippen molar-refractivity contribution in [3.05, 3.63) is 11.6 Å². The third-order valence-electron chi connectivity index (χ3n) is 1.49. The van der Waals surface area contributed by atoms with Gasteiger partial charge in [0.05, 0.1) is 12.7 Å². The Morgan fingerprint density at radius 3 is 2.50 bits per heavy atom. The summed E-state index contributed by atoms with van der Waals surface area (Å²) in [6, 6.07) is 0.764. The van der Waals surface area contributed by atoms with Gasteiger partial charge in [-0.15, -0.1) is 13.2 Å². The standard InChI is InChI=1S/C8H6F3NO4/c1-15-6-4(3-13)2-5(14)7(12-6)16-8(9,10)11/h2-3,14H,1H3. The Labute approximate surface area is 87.4 Å². The van der Waals surface area contributed by atoms with Crippen molar-refractivity contribution in [1.29, 1.82) is 0 Å². The third kappa shape index (κ3) is 2.75. The first kappa shape index (κ1) is 12.1. The van der Waals surface area contributed by atoms with Gasteiger partial charge in [-0.05, 0) is 0 Å². The van der Waals surface area contributed by atoms with Crippen LogP contribution in [-0.2, 0) is 0 Å². The number of ether oxygens (including phenoxy) is 2. The molecule has 88 valence electrons. The largest absolute Gasteiger partial charge is 0.574 e. The van der Waals surface area contributed by atoms with Crippen molar-refractivity contribution in [2.24, 2.45) is 0 Å². The van der Waals surface area contributed by atoms with Gasteiger partial charge < -0.3 is 14.6 Å². The molecule has 1 heterocycles. The van der Waals surface area contributed by atoms with Crippen LogP contribution in [0.2, 0.25) is 0 Å². The highest BCUT2D eigenvalue weighted by Gasteiger charge is 2.33. The number of aldehydes is 1. The van der Waals surface area contributed by atoms with Crippen molar-refractivity contribution in [3.8, 4) is 17.5 Å². The summed E-state index contributed by atoms with van der Waals surface area (Å²) in [5, 5.41) is 9.10. The van der Waals surface area contributed by atoms with Gasteiger partial charge in [0.1, 0.15) is 0 Å². The van der Waals surface area contributed by atoms with Crippen LogP contribution in [-0.4, -0.2) is 29.8 Å². The zero-order chi connectivity index (χ0) is 12.3. The molecule has 0 radical (unpaired) electrons. The van der Waals surface area contributed by atoms with Crippen LogP contribution in [0, 0.1) is 0 Å². The monoisotopic (exact) mass is 237 g/mol. The number of nitrogens with zero attached hydrogens (tertiary/aromatic N) is 1. The van der Waals surface area contributed by atoms with E-state index in [0.717, 1.165) is 13.2 Å². The lowest BCUT2D eigenvalue weighted by molar-refractivity contribution is -0.276. The van der Waals surface area contributed by atoms with Crippen LogP contribution in [0.1, 0.15) is 10.4 Å². The maximum atomic E-state index is 11.9. The van der Waals surface area contributed by atoms with Crippen LogP contribution in [0.5, 0.6) is 17.5 Å². The molecule has 1 aromatic rings. The Bertz CT molecular complexity index is 405. The Kier molecular flexibility index (Phi) is 3.21. The maximum Gasteiger partial charge on any atom is 0.574 e. The fourth-order valence-corrected chi connectivity index (χ4v) is 0.917. The molecule has 0 spiro atoms. The van der Waals surface area contributed by atoms with E-state index in [4.69, 9.17) is 5.11 Å². The third-order valence-corrected chi connectivity index (χ3v) is 1.49. The smallest absolute Gasteiger partial charge is 0.503 e. The highest BCUT2D eigenvalue weighted by molar-refractivity contribution is 5.79. The topological polar surface area (TPSA) is 68.7 Å². The predicted octanol–water partition coefficient (Wildman–Crippen LogP) is 1.51. The van der Waals surface area contributed by atoms with Gasteiger partial charge in [-0.1, -0.05) is 0 Å². The molecule has 0 fully saturated rings. The molecule has 0 saturated carbocycles. The number of methoxy groups -OCH3 is 1. The lowest BCUT2D eigenvalue weighted by atomic mass is 10.3. The zero-order valence-corrected chi connectivity index (χ0v) is 7.91. The number of hydrogen-bond donors (Lipinski definition) is 1. The number of pyridine rings is 1. The van der Waals surface area contributed by atoms with E-state index in [1.54, 1.807) is 0 Å². The summed E-state index contributed by atoms with van der Waals surface area (Å²) in [4.78, 5) is 13.6. The van der Waals surface area contributed by atoms with Crippen LogP contribution in [0.4, 0.5) is 13.2 Å². The predicted molar refractivity (Wildman–Crippen MR) is 44.5 cm³/mol. The van der Waals surface area contributed by atoms with Crippen molar-refractivity contribution in [2.75, 3.05) is 7.11 Å². The summed E-state index contributed by atoms with van der Waals surface area (Å²) >= 11 is 0. The molecule has 0 unspecified atom stereocenters. The van der Waals surface area contributed by atoms with Gasteiger partial charge in [-0.3, -0.25) is 4.79 Å². The molecule has 0 saturated heterocycles. The van der Waals surface area contributed by atoms with Gasteiger partial charge >= 0.3 is 6.36 Å². The summed E-state index contributed by atoms with van der Waals surface area (Å²) in [6.45, 7) is 0. The molecule has 0 aliphatic carbocycles. The normalized spacial score (nSPS) is 11.0. The summed E-state index contributed by atoms with van der Waals surface area (Å²) in [7, 11) is 1.11. The number of aromatic nitrogens is 1. The van der Waals surface area contributed by atoms with Gasteiger partial charge in [0.25, 0.3) is 5.88 Å². The Hall–Kier alpha value is -1.99. The zero-order valence-electron chi connectivity index (χ0n) is 7.91. The minimum absolute atomic E-state index is 0.186. The molecule has 1 rings (SSSR count). The summed E-state index contributed by atoms with van der Waals surface area (Å²) in [5.41, 5.74) is -0.186. The van der Waals surface area contributed by atoms with E-state index in [0.29, 0.717) is 0 Å². The van der Waals surface area contributed by atoms with Crippen LogP contribution in [0.25, 0.3) is 0 Å². The molecule has 0 aliphatic heterocycles. The first-order valence-electron chi connectivity index (χ1n) is 3.86. The minimum Gasteiger partial charge on any atom is -0.503 e. The van der Waals surface area contributed by atoms with Crippen molar-refractivity contribution >= 4 is 6.29 Å². The number of alkyl halides is 3. The first-order valence-corrected chi connectivity index (χ1v) is 3.86. The Morgan fingerprint density at radius 1 is 1.44 bits per heavy atom. The van der Waals surface area contributed by atoms with E-state index in [2.05, 4.69) is 14.5 Å². The summed E-state index contributed by atoms with van der Waals surface area (Å²) in [5.74, 6) is -2.35. The van der Waals surface area contributed by atoms with Gasteiger partial charge in [0.15, 0.2) is 12.0 Å². The summed E-state index contributed by atoms with van der Waals surface area (Å²) < 4.78 is 43.5. The number of hydrogen-bond acceptors (Lipinski definition) is 5. The molecule has 0 atom stereocenters. The number of aromatic hydroxyl groups is 1. The lowest BCUT2D eigenvalue weighted by Crippen LogP contribution is -2.18. The number of carbonyl (C=O) groups excluding carboxylic acids is 1. The van der Waals surface area contributed by atoms with Gasteiger partial charge in [-0.25, -0.2) is 0 Å². The molecule has 0 aromatic carbocycles. The highest BCUT2D eigenvalue weighted by Crippen LogP contribution is 2.32. The SMILES string of the molecule is COc1nc(OC(F)(F)F)c(O)cc1C=O. The van der Waals surface area contributed by atoms with Crippen molar-refractivity contribution in [1.82, 2.24) is 4.98 Å². The van der Waals surface area contributed by atoms with E-state index in [1.807, 2.05) is 0 Å². The fraction of sp³-hybridized carbons (Fsp3) is 0.250. The lowest BCUT2D eigenvalue weighted by Gasteiger charge is -2.11. The molecule has 1 aromatic heterocycles. The molecular weight excluding hydrogens is 231 g/mol. The average Bonchev–Trinajstić information content (AvgIpc) is 2.18.